The number of ether oxygens (including phenoxy) is 1. The predicted molar refractivity (Wildman–Crippen MR) is 99.1 cm³/mol. The molecule has 0 spiro atoms. The first-order valence-electron chi connectivity index (χ1n) is 8.57. The fraction of sp³-hybridized carbons (Fsp3) is 0.182. The van der Waals surface area contributed by atoms with E-state index >= 15 is 0 Å². The molecule has 4 rings (SSSR count). The maximum atomic E-state index is 9.90. The van der Waals surface area contributed by atoms with Gasteiger partial charge >= 0.3 is 0 Å². The molecule has 4 heteroatoms. The van der Waals surface area contributed by atoms with Gasteiger partial charge in [0.1, 0.15) is 23.0 Å². The van der Waals surface area contributed by atoms with Crippen LogP contribution in [0.3, 0.4) is 0 Å². The van der Waals surface area contributed by atoms with E-state index in [1.54, 1.807) is 30.3 Å². The van der Waals surface area contributed by atoms with Gasteiger partial charge in [-0.15, -0.1) is 0 Å². The molecule has 3 aromatic carbocycles. The van der Waals surface area contributed by atoms with Crippen LogP contribution in [-0.4, -0.2) is 21.9 Å². The molecule has 0 unspecified atom stereocenters. The number of benzene rings is 3. The van der Waals surface area contributed by atoms with Gasteiger partial charge in [0.15, 0.2) is 0 Å². The maximum Gasteiger partial charge on any atom is 0.126 e. The summed E-state index contributed by atoms with van der Waals surface area (Å²) in [6.07, 6.45) is 0. The number of rotatable bonds is 2. The molecule has 0 amide bonds. The summed E-state index contributed by atoms with van der Waals surface area (Å²) in [4.78, 5) is 0. The Balaban J connectivity index is 1.87. The highest BCUT2D eigenvalue weighted by atomic mass is 16.5. The van der Waals surface area contributed by atoms with Crippen LogP contribution in [0.5, 0.6) is 23.0 Å². The highest BCUT2D eigenvalue weighted by molar-refractivity contribution is 5.52. The van der Waals surface area contributed by atoms with Gasteiger partial charge in [0, 0.05) is 23.5 Å². The van der Waals surface area contributed by atoms with Crippen LogP contribution in [0.1, 0.15) is 34.1 Å². The van der Waals surface area contributed by atoms with Crippen LogP contribution in [0.2, 0.25) is 0 Å². The summed E-state index contributed by atoms with van der Waals surface area (Å²) in [6, 6.07) is 18.0. The Bertz CT molecular complexity index is 947. The number of fused-ring (bicyclic) bond motifs is 1. The zero-order chi connectivity index (χ0) is 18.3. The Labute approximate surface area is 151 Å². The van der Waals surface area contributed by atoms with Gasteiger partial charge in [0.25, 0.3) is 0 Å². The molecule has 1 aliphatic heterocycles. The van der Waals surface area contributed by atoms with E-state index in [1.165, 1.54) is 0 Å². The van der Waals surface area contributed by atoms with Gasteiger partial charge in [-0.2, -0.15) is 0 Å². The standard InChI is InChI=1S/C22H20O4/c1-13-10-15(4-9-20(13)25)22-18-8-7-17(24)11-21(18)26-12-19(22)14-2-5-16(23)6-3-14/h2-11,19,22-25H,12H2,1H3/t19-,22-/m1/s1. The second-order valence-electron chi connectivity index (χ2n) is 6.75. The van der Waals surface area contributed by atoms with Crippen molar-refractivity contribution in [3.63, 3.8) is 0 Å². The molecule has 4 nitrogen and oxygen atoms in total. The van der Waals surface area contributed by atoms with E-state index in [0.717, 1.165) is 22.3 Å². The van der Waals surface area contributed by atoms with Crippen LogP contribution in [-0.2, 0) is 0 Å². The zero-order valence-corrected chi connectivity index (χ0v) is 14.4. The summed E-state index contributed by atoms with van der Waals surface area (Å²) >= 11 is 0. The van der Waals surface area contributed by atoms with Crippen molar-refractivity contribution in [1.29, 1.82) is 0 Å². The fourth-order valence-electron chi connectivity index (χ4n) is 3.69. The molecule has 0 saturated carbocycles. The van der Waals surface area contributed by atoms with Crippen molar-refractivity contribution in [3.05, 3.63) is 82.9 Å². The summed E-state index contributed by atoms with van der Waals surface area (Å²) < 4.78 is 5.94. The summed E-state index contributed by atoms with van der Waals surface area (Å²) in [5, 5.41) is 29.3. The Morgan fingerprint density at radius 1 is 0.808 bits per heavy atom. The van der Waals surface area contributed by atoms with Crippen molar-refractivity contribution < 1.29 is 20.1 Å². The molecule has 0 fully saturated rings. The molecule has 0 saturated heterocycles. The highest BCUT2D eigenvalue weighted by Crippen LogP contribution is 2.47. The quantitative estimate of drug-likeness (QED) is 0.641. The molecule has 26 heavy (non-hydrogen) atoms. The normalized spacial score (nSPS) is 18.8. The molecule has 2 atom stereocenters. The van der Waals surface area contributed by atoms with E-state index in [2.05, 4.69) is 0 Å². The third kappa shape index (κ3) is 2.84. The highest BCUT2D eigenvalue weighted by Gasteiger charge is 2.33. The average molecular weight is 348 g/mol. The summed E-state index contributed by atoms with van der Waals surface area (Å²) in [7, 11) is 0. The smallest absolute Gasteiger partial charge is 0.126 e. The van der Waals surface area contributed by atoms with Crippen LogP contribution < -0.4 is 4.74 Å². The van der Waals surface area contributed by atoms with Crippen LogP contribution >= 0.6 is 0 Å². The summed E-state index contributed by atoms with van der Waals surface area (Å²) in [5.74, 6) is 1.42. The van der Waals surface area contributed by atoms with Crippen molar-refractivity contribution in [2.24, 2.45) is 0 Å². The van der Waals surface area contributed by atoms with Crippen LogP contribution in [0.4, 0.5) is 0 Å². The van der Waals surface area contributed by atoms with E-state index in [0.29, 0.717) is 12.4 Å². The molecular formula is C22H20O4. The minimum absolute atomic E-state index is 0.0168. The third-order valence-electron chi connectivity index (χ3n) is 5.05. The number of aromatic hydroxyl groups is 3. The minimum Gasteiger partial charge on any atom is -0.508 e. The van der Waals surface area contributed by atoms with Gasteiger partial charge in [0.2, 0.25) is 0 Å². The monoisotopic (exact) mass is 348 g/mol. The van der Waals surface area contributed by atoms with Crippen LogP contribution in [0, 0.1) is 6.92 Å². The van der Waals surface area contributed by atoms with Crippen LogP contribution in [0.25, 0.3) is 0 Å². The lowest BCUT2D eigenvalue weighted by Gasteiger charge is -2.34. The third-order valence-corrected chi connectivity index (χ3v) is 5.05. The first kappa shape index (κ1) is 16.3. The SMILES string of the molecule is Cc1cc([C@@H]2c3ccc(O)cc3OC[C@@H]2c2ccc(O)cc2)ccc1O. The molecule has 0 aliphatic carbocycles. The second kappa shape index (κ2) is 6.30. The largest absolute Gasteiger partial charge is 0.508 e. The zero-order valence-electron chi connectivity index (χ0n) is 14.4. The van der Waals surface area contributed by atoms with Gasteiger partial charge < -0.3 is 20.1 Å². The van der Waals surface area contributed by atoms with Gasteiger partial charge in [-0.1, -0.05) is 30.3 Å². The molecule has 0 radical (unpaired) electrons. The lowest BCUT2D eigenvalue weighted by molar-refractivity contribution is 0.247. The average Bonchev–Trinajstić information content (AvgIpc) is 2.64. The number of aryl methyl sites for hydroxylation is 1. The van der Waals surface area contributed by atoms with E-state index in [9.17, 15) is 15.3 Å². The summed E-state index contributed by atoms with van der Waals surface area (Å²) in [6.45, 7) is 2.34. The number of hydrogen-bond donors (Lipinski definition) is 3. The number of hydrogen-bond acceptors (Lipinski definition) is 4. The fourth-order valence-corrected chi connectivity index (χ4v) is 3.69. The van der Waals surface area contributed by atoms with E-state index in [-0.39, 0.29) is 29.1 Å². The second-order valence-corrected chi connectivity index (χ2v) is 6.75. The molecule has 3 aromatic rings. The lowest BCUT2D eigenvalue weighted by atomic mass is 9.75. The molecule has 1 aliphatic rings. The van der Waals surface area contributed by atoms with E-state index in [4.69, 9.17) is 4.74 Å². The number of phenolic OH excluding ortho intramolecular Hbond substituents is 3. The van der Waals surface area contributed by atoms with Gasteiger partial charge in [-0.3, -0.25) is 0 Å². The topological polar surface area (TPSA) is 69.9 Å². The van der Waals surface area contributed by atoms with Crippen molar-refractivity contribution in [2.45, 2.75) is 18.8 Å². The molecule has 0 aromatic heterocycles. The van der Waals surface area contributed by atoms with Gasteiger partial charge in [-0.05, 0) is 47.9 Å². The van der Waals surface area contributed by atoms with E-state index < -0.39 is 0 Å². The van der Waals surface area contributed by atoms with Crippen molar-refractivity contribution >= 4 is 0 Å². The van der Waals surface area contributed by atoms with Crippen molar-refractivity contribution in [3.8, 4) is 23.0 Å². The molecular weight excluding hydrogens is 328 g/mol. The predicted octanol–water partition coefficient (Wildman–Crippen LogP) is 4.42. The van der Waals surface area contributed by atoms with Crippen LogP contribution in [0.15, 0.2) is 60.7 Å². The lowest BCUT2D eigenvalue weighted by Crippen LogP contribution is -2.25. The first-order valence-corrected chi connectivity index (χ1v) is 8.57. The molecule has 3 N–H and O–H groups in total. The van der Waals surface area contributed by atoms with Crippen molar-refractivity contribution in [1.82, 2.24) is 0 Å². The number of phenols is 3. The van der Waals surface area contributed by atoms with E-state index in [1.807, 2.05) is 37.3 Å². The maximum absolute atomic E-state index is 9.90. The van der Waals surface area contributed by atoms with Gasteiger partial charge in [-0.25, -0.2) is 0 Å². The summed E-state index contributed by atoms with van der Waals surface area (Å²) in [5.41, 5.74) is 3.96. The Kier molecular flexibility index (Phi) is 3.96. The molecule has 1 heterocycles. The first-order chi connectivity index (χ1) is 12.5. The van der Waals surface area contributed by atoms with Gasteiger partial charge in [0.05, 0.1) is 6.61 Å². The minimum atomic E-state index is 0.0168. The van der Waals surface area contributed by atoms with Crippen molar-refractivity contribution in [2.75, 3.05) is 6.61 Å². The molecule has 0 bridgehead atoms. The Morgan fingerprint density at radius 2 is 1.50 bits per heavy atom. The Morgan fingerprint density at radius 3 is 2.23 bits per heavy atom. The Hall–Kier alpha value is -3.14. The molecule has 132 valence electrons.